The summed E-state index contributed by atoms with van der Waals surface area (Å²) in [6, 6.07) is 7.05. The molecule has 0 saturated carbocycles. The molecule has 1 aromatic carbocycles. The maximum Gasteiger partial charge on any atom is 0.411 e. The summed E-state index contributed by atoms with van der Waals surface area (Å²) in [5.41, 5.74) is 8.85. The number of rotatable bonds is 5. The second-order valence-corrected chi connectivity index (χ2v) is 9.34. The molecule has 3 aromatic rings. The predicted molar refractivity (Wildman–Crippen MR) is 146 cm³/mol. The lowest BCUT2D eigenvalue weighted by Gasteiger charge is -2.33. The minimum Gasteiger partial charge on any atom is -0.453 e. The third kappa shape index (κ3) is 5.66. The standard InChI is InChI=1S/C25H32N8O4.ClH/c1-16(26)23(34)31-9-7-19(8-10-31)33-22-20(15-27-33)21(29-24(30-22)32-11-13-37-14-12-32)17-3-5-18(6-4-17)28-25(35)36-2;/h3-6,15-16,19H,7-14,26H2,1-2H3,(H,28,35);1H/t16-;/m0./s1. The highest BCUT2D eigenvalue weighted by atomic mass is 35.5. The van der Waals surface area contributed by atoms with Crippen LogP contribution in [0.3, 0.4) is 0 Å². The lowest BCUT2D eigenvalue weighted by atomic mass is 10.0. The van der Waals surface area contributed by atoms with Crippen LogP contribution in [0.25, 0.3) is 22.3 Å². The molecule has 204 valence electrons. The van der Waals surface area contributed by atoms with E-state index in [4.69, 9.17) is 25.5 Å². The number of halogens is 1. The number of ether oxygens (including phenoxy) is 2. The van der Waals surface area contributed by atoms with Crippen molar-refractivity contribution in [3.63, 3.8) is 0 Å². The number of fused-ring (bicyclic) bond motifs is 1. The fourth-order valence-electron chi connectivity index (χ4n) is 4.81. The Hall–Kier alpha value is -3.48. The Bertz CT molecular complexity index is 1270. The quantitative estimate of drug-likeness (QED) is 0.495. The molecule has 3 N–H and O–H groups in total. The molecule has 5 rings (SSSR count). The van der Waals surface area contributed by atoms with E-state index in [1.54, 1.807) is 6.92 Å². The Balaban J connectivity index is 0.00000336. The van der Waals surface area contributed by atoms with Crippen LogP contribution in [0, 0.1) is 0 Å². The van der Waals surface area contributed by atoms with Gasteiger partial charge in [0.15, 0.2) is 5.65 Å². The summed E-state index contributed by atoms with van der Waals surface area (Å²) >= 11 is 0. The zero-order valence-corrected chi connectivity index (χ0v) is 22.3. The smallest absolute Gasteiger partial charge is 0.411 e. The van der Waals surface area contributed by atoms with Crippen LogP contribution < -0.4 is 16.0 Å². The summed E-state index contributed by atoms with van der Waals surface area (Å²) in [6.07, 6.45) is 2.83. The average molecular weight is 545 g/mol. The number of nitrogens with zero attached hydrogens (tertiary/aromatic N) is 6. The number of methoxy groups -OCH3 is 1. The van der Waals surface area contributed by atoms with Crippen molar-refractivity contribution >= 4 is 47.1 Å². The number of nitrogens with one attached hydrogen (secondary N) is 1. The van der Waals surface area contributed by atoms with E-state index < -0.39 is 12.1 Å². The first-order valence-corrected chi connectivity index (χ1v) is 12.5. The van der Waals surface area contributed by atoms with Crippen LogP contribution >= 0.6 is 12.4 Å². The van der Waals surface area contributed by atoms with Crippen LogP contribution in [-0.4, -0.2) is 89.2 Å². The molecule has 0 unspecified atom stereocenters. The SMILES string of the molecule is COC(=O)Nc1ccc(-c2nc(N3CCOCC3)nc3c2cnn3C2CCN(C(=O)[C@H](C)N)CC2)cc1.Cl. The molecular formula is C25H33ClN8O4. The Kier molecular flexibility index (Phi) is 8.65. The van der Waals surface area contributed by atoms with Crippen molar-refractivity contribution in [3.8, 4) is 11.3 Å². The van der Waals surface area contributed by atoms with Gasteiger partial charge < -0.3 is 25.0 Å². The minimum absolute atomic E-state index is 0. The normalized spacial score (nSPS) is 17.1. The van der Waals surface area contributed by atoms with Crippen LogP contribution in [-0.2, 0) is 14.3 Å². The minimum atomic E-state index is -0.526. The molecule has 2 aliphatic heterocycles. The maximum atomic E-state index is 12.3. The lowest BCUT2D eigenvalue weighted by molar-refractivity contribution is -0.133. The molecule has 12 nitrogen and oxygen atoms in total. The average Bonchev–Trinajstić information content (AvgIpc) is 3.37. The summed E-state index contributed by atoms with van der Waals surface area (Å²) in [5.74, 6) is 0.613. The molecule has 2 aliphatic rings. The van der Waals surface area contributed by atoms with E-state index in [1.165, 1.54) is 7.11 Å². The highest BCUT2D eigenvalue weighted by Gasteiger charge is 2.28. The highest BCUT2D eigenvalue weighted by Crippen LogP contribution is 2.32. The van der Waals surface area contributed by atoms with Gasteiger partial charge in [-0.2, -0.15) is 10.1 Å². The van der Waals surface area contributed by atoms with Gasteiger partial charge in [-0.3, -0.25) is 10.1 Å². The number of nitrogens with two attached hydrogens (primary N) is 1. The molecule has 4 heterocycles. The molecule has 38 heavy (non-hydrogen) atoms. The van der Waals surface area contributed by atoms with Gasteiger partial charge in [0.2, 0.25) is 11.9 Å². The first-order valence-electron chi connectivity index (χ1n) is 12.5. The topological polar surface area (TPSA) is 141 Å². The van der Waals surface area contributed by atoms with Crippen molar-refractivity contribution in [3.05, 3.63) is 30.5 Å². The van der Waals surface area contributed by atoms with Crippen LogP contribution in [0.2, 0.25) is 0 Å². The maximum absolute atomic E-state index is 12.3. The molecule has 13 heteroatoms. The largest absolute Gasteiger partial charge is 0.453 e. The fraction of sp³-hybridized carbons (Fsp3) is 0.480. The van der Waals surface area contributed by atoms with E-state index in [9.17, 15) is 9.59 Å². The number of amides is 2. The number of anilines is 2. The van der Waals surface area contributed by atoms with E-state index in [1.807, 2.05) is 40.0 Å². The molecule has 0 spiro atoms. The van der Waals surface area contributed by atoms with Crippen LogP contribution in [0.15, 0.2) is 30.5 Å². The number of hydrogen-bond donors (Lipinski definition) is 2. The monoisotopic (exact) mass is 544 g/mol. The van der Waals surface area contributed by atoms with Crippen molar-refractivity contribution in [2.45, 2.75) is 31.8 Å². The first-order chi connectivity index (χ1) is 17.9. The van der Waals surface area contributed by atoms with Crippen LogP contribution in [0.4, 0.5) is 16.4 Å². The second-order valence-electron chi connectivity index (χ2n) is 9.34. The summed E-state index contributed by atoms with van der Waals surface area (Å²) in [5, 5.41) is 8.25. The number of carbonyl (C=O) groups excluding carboxylic acids is 2. The molecule has 1 atom stereocenters. The molecule has 0 aliphatic carbocycles. The number of piperidine rings is 1. The third-order valence-electron chi connectivity index (χ3n) is 6.84. The van der Waals surface area contributed by atoms with E-state index in [0.717, 1.165) is 35.1 Å². The van der Waals surface area contributed by atoms with Crippen molar-refractivity contribution in [1.29, 1.82) is 0 Å². The zero-order valence-electron chi connectivity index (χ0n) is 21.5. The van der Waals surface area contributed by atoms with Gasteiger partial charge in [-0.05, 0) is 31.9 Å². The molecule has 0 bridgehead atoms. The van der Waals surface area contributed by atoms with Gasteiger partial charge in [-0.15, -0.1) is 12.4 Å². The van der Waals surface area contributed by atoms with Crippen molar-refractivity contribution in [2.24, 2.45) is 5.73 Å². The molecule has 2 aromatic heterocycles. The van der Waals surface area contributed by atoms with Crippen molar-refractivity contribution < 1.29 is 19.1 Å². The van der Waals surface area contributed by atoms with Gasteiger partial charge in [-0.25, -0.2) is 14.5 Å². The fourth-order valence-corrected chi connectivity index (χ4v) is 4.81. The Morgan fingerprint density at radius 2 is 1.79 bits per heavy atom. The lowest BCUT2D eigenvalue weighted by Crippen LogP contribution is -2.46. The van der Waals surface area contributed by atoms with Gasteiger partial charge in [0.1, 0.15) is 0 Å². The first kappa shape index (κ1) is 27.6. The van der Waals surface area contributed by atoms with Crippen molar-refractivity contribution in [1.82, 2.24) is 24.6 Å². The van der Waals surface area contributed by atoms with Gasteiger partial charge in [0.25, 0.3) is 0 Å². The van der Waals surface area contributed by atoms with E-state index in [-0.39, 0.29) is 24.4 Å². The Morgan fingerprint density at radius 3 is 2.42 bits per heavy atom. The van der Waals surface area contributed by atoms with Crippen LogP contribution in [0.1, 0.15) is 25.8 Å². The van der Waals surface area contributed by atoms with Gasteiger partial charge in [0.05, 0.1) is 49.7 Å². The zero-order chi connectivity index (χ0) is 25.9. The number of benzene rings is 1. The van der Waals surface area contributed by atoms with Gasteiger partial charge >= 0.3 is 6.09 Å². The van der Waals surface area contributed by atoms with E-state index in [2.05, 4.69) is 15.0 Å². The van der Waals surface area contributed by atoms with Gasteiger partial charge in [-0.1, -0.05) is 12.1 Å². The summed E-state index contributed by atoms with van der Waals surface area (Å²) in [7, 11) is 1.33. The van der Waals surface area contributed by atoms with Gasteiger partial charge in [0, 0.05) is 37.4 Å². The summed E-state index contributed by atoms with van der Waals surface area (Å²) in [6.45, 7) is 5.65. The van der Waals surface area contributed by atoms with E-state index >= 15 is 0 Å². The second kappa shape index (κ2) is 11.9. The molecular weight excluding hydrogens is 512 g/mol. The molecule has 0 radical (unpaired) electrons. The molecule has 2 saturated heterocycles. The Morgan fingerprint density at radius 1 is 1.11 bits per heavy atom. The summed E-state index contributed by atoms with van der Waals surface area (Å²) < 4.78 is 12.2. The third-order valence-corrected chi connectivity index (χ3v) is 6.84. The number of aromatic nitrogens is 4. The Labute approximate surface area is 226 Å². The highest BCUT2D eigenvalue weighted by molar-refractivity contribution is 5.92. The number of carbonyl (C=O) groups is 2. The summed E-state index contributed by atoms with van der Waals surface area (Å²) in [4.78, 5) is 37.8. The number of morpholine rings is 1. The number of hydrogen-bond acceptors (Lipinski definition) is 9. The van der Waals surface area contributed by atoms with E-state index in [0.29, 0.717) is 51.0 Å². The molecule has 2 amide bonds. The molecule has 2 fully saturated rings. The van der Waals surface area contributed by atoms with Crippen molar-refractivity contribution in [2.75, 3.05) is 56.7 Å². The van der Waals surface area contributed by atoms with Crippen LogP contribution in [0.5, 0.6) is 0 Å². The number of likely N-dealkylation sites (tertiary alicyclic amines) is 1. The predicted octanol–water partition coefficient (Wildman–Crippen LogP) is 2.44.